The fourth-order valence-electron chi connectivity index (χ4n) is 2.32. The molecule has 1 saturated carbocycles. The van der Waals surface area contributed by atoms with Crippen molar-refractivity contribution in [3.05, 3.63) is 48.6 Å². The summed E-state index contributed by atoms with van der Waals surface area (Å²) >= 11 is 0. The lowest BCUT2D eigenvalue weighted by molar-refractivity contribution is -0.137. The maximum absolute atomic E-state index is 11.7. The molecule has 0 amide bonds. The molecule has 0 aromatic heterocycles. The highest BCUT2D eigenvalue weighted by Gasteiger charge is 2.44. The van der Waals surface area contributed by atoms with Gasteiger partial charge in [-0.2, -0.15) is 0 Å². The zero-order valence-corrected chi connectivity index (χ0v) is 8.91. The molecule has 1 nitrogen and oxygen atoms in total. The Morgan fingerprint density at radius 3 is 2.53 bits per heavy atom. The molecule has 1 fully saturated rings. The third kappa shape index (κ3) is 1.87. The van der Waals surface area contributed by atoms with Crippen LogP contribution in [0.3, 0.4) is 0 Å². The number of carbonyl (C=O) groups is 1. The quantitative estimate of drug-likeness (QED) is 0.682. The topological polar surface area (TPSA) is 17.1 Å². The van der Waals surface area contributed by atoms with Gasteiger partial charge >= 0.3 is 0 Å². The number of allylic oxidation sites excluding steroid dienone is 1. The molecule has 1 aliphatic carbocycles. The van der Waals surface area contributed by atoms with Gasteiger partial charge in [-0.15, -0.1) is 6.58 Å². The lowest BCUT2D eigenvalue weighted by Gasteiger charge is -2.39. The van der Waals surface area contributed by atoms with E-state index in [1.165, 1.54) is 5.56 Å². The molecule has 1 aromatic rings. The molecule has 1 atom stereocenters. The zero-order valence-electron chi connectivity index (χ0n) is 8.91. The number of Topliss-reactive ketones (excluding diaryl/α,β-unsaturated/α-hetero) is 1. The summed E-state index contributed by atoms with van der Waals surface area (Å²) in [7, 11) is 0. The summed E-state index contributed by atoms with van der Waals surface area (Å²) < 4.78 is 0. The van der Waals surface area contributed by atoms with Gasteiger partial charge < -0.3 is 0 Å². The van der Waals surface area contributed by atoms with E-state index in [0.717, 1.165) is 25.7 Å². The Morgan fingerprint density at radius 1 is 1.33 bits per heavy atom. The molecule has 15 heavy (non-hydrogen) atoms. The Labute approximate surface area is 90.8 Å². The average Bonchev–Trinajstić information content (AvgIpc) is 2.28. The molecule has 78 valence electrons. The minimum absolute atomic E-state index is 0.122. The molecule has 0 saturated heterocycles. The van der Waals surface area contributed by atoms with Gasteiger partial charge in [0.1, 0.15) is 5.78 Å². The molecule has 0 heterocycles. The smallest absolute Gasteiger partial charge is 0.139 e. The summed E-state index contributed by atoms with van der Waals surface area (Å²) in [4.78, 5) is 11.7. The molecular formula is C14H16O. The van der Waals surface area contributed by atoms with Crippen molar-refractivity contribution >= 4 is 5.78 Å². The lowest BCUT2D eigenvalue weighted by atomic mass is 9.62. The lowest BCUT2D eigenvalue weighted by Crippen LogP contribution is -2.42. The minimum atomic E-state index is -0.122. The van der Waals surface area contributed by atoms with E-state index in [9.17, 15) is 4.79 Å². The predicted octanol–water partition coefficient (Wildman–Crippen LogP) is 3.15. The summed E-state index contributed by atoms with van der Waals surface area (Å²) in [5.74, 6) is 0.409. The van der Waals surface area contributed by atoms with Crippen LogP contribution in [0, 0.1) is 5.41 Å². The first-order valence-electron chi connectivity index (χ1n) is 5.45. The van der Waals surface area contributed by atoms with Crippen molar-refractivity contribution in [1.82, 2.24) is 0 Å². The van der Waals surface area contributed by atoms with E-state index < -0.39 is 0 Å². The van der Waals surface area contributed by atoms with E-state index in [2.05, 4.69) is 18.7 Å². The third-order valence-corrected chi connectivity index (χ3v) is 3.34. The SMILES string of the molecule is C=CC[C@]1(Cc2ccccc2)CCC1=O. The Kier molecular flexibility index (Phi) is 2.72. The third-order valence-electron chi connectivity index (χ3n) is 3.34. The van der Waals surface area contributed by atoms with Crippen molar-refractivity contribution in [2.75, 3.05) is 0 Å². The van der Waals surface area contributed by atoms with Gasteiger partial charge in [0, 0.05) is 11.8 Å². The summed E-state index contributed by atoms with van der Waals surface area (Å²) in [6.45, 7) is 3.75. The molecular weight excluding hydrogens is 184 g/mol. The molecule has 0 spiro atoms. The highest BCUT2D eigenvalue weighted by Crippen LogP contribution is 2.43. The summed E-state index contributed by atoms with van der Waals surface area (Å²) in [6, 6.07) is 10.2. The van der Waals surface area contributed by atoms with Gasteiger partial charge in [0.15, 0.2) is 0 Å². The predicted molar refractivity (Wildman–Crippen MR) is 61.6 cm³/mol. The van der Waals surface area contributed by atoms with Crippen LogP contribution in [-0.4, -0.2) is 5.78 Å². The maximum Gasteiger partial charge on any atom is 0.139 e. The molecule has 0 aliphatic heterocycles. The second kappa shape index (κ2) is 4.01. The van der Waals surface area contributed by atoms with E-state index in [4.69, 9.17) is 0 Å². The fraction of sp³-hybridized carbons (Fsp3) is 0.357. The molecule has 0 unspecified atom stereocenters. The van der Waals surface area contributed by atoms with Crippen LogP contribution in [0.4, 0.5) is 0 Å². The number of ketones is 1. The van der Waals surface area contributed by atoms with Crippen molar-refractivity contribution in [3.8, 4) is 0 Å². The van der Waals surface area contributed by atoms with Crippen molar-refractivity contribution in [2.24, 2.45) is 5.41 Å². The van der Waals surface area contributed by atoms with Crippen LogP contribution in [0.2, 0.25) is 0 Å². The van der Waals surface area contributed by atoms with Gasteiger partial charge in [-0.3, -0.25) is 4.79 Å². The number of hydrogen-bond donors (Lipinski definition) is 0. The van der Waals surface area contributed by atoms with Crippen LogP contribution in [0.1, 0.15) is 24.8 Å². The van der Waals surface area contributed by atoms with E-state index in [1.807, 2.05) is 24.3 Å². The number of carbonyl (C=O) groups excluding carboxylic acids is 1. The van der Waals surface area contributed by atoms with E-state index in [1.54, 1.807) is 0 Å². The van der Waals surface area contributed by atoms with Crippen LogP contribution < -0.4 is 0 Å². The first kappa shape index (κ1) is 10.2. The van der Waals surface area contributed by atoms with Crippen LogP contribution in [-0.2, 0) is 11.2 Å². The van der Waals surface area contributed by atoms with E-state index >= 15 is 0 Å². The van der Waals surface area contributed by atoms with Crippen LogP contribution in [0.15, 0.2) is 43.0 Å². The maximum atomic E-state index is 11.7. The summed E-state index contributed by atoms with van der Waals surface area (Å²) in [6.07, 6.45) is 5.34. The van der Waals surface area contributed by atoms with Crippen LogP contribution in [0.5, 0.6) is 0 Å². The Morgan fingerprint density at radius 2 is 2.07 bits per heavy atom. The van der Waals surface area contributed by atoms with Crippen LogP contribution in [0.25, 0.3) is 0 Å². The Balaban J connectivity index is 2.15. The highest BCUT2D eigenvalue weighted by molar-refractivity contribution is 5.90. The molecule has 0 bridgehead atoms. The van der Waals surface area contributed by atoms with E-state index in [-0.39, 0.29) is 5.41 Å². The fourth-order valence-corrected chi connectivity index (χ4v) is 2.32. The molecule has 0 N–H and O–H groups in total. The number of rotatable bonds is 4. The molecule has 1 aliphatic rings. The zero-order chi connectivity index (χ0) is 10.7. The van der Waals surface area contributed by atoms with Gasteiger partial charge in [0.25, 0.3) is 0 Å². The van der Waals surface area contributed by atoms with Gasteiger partial charge in [-0.1, -0.05) is 36.4 Å². The van der Waals surface area contributed by atoms with Gasteiger partial charge in [0.2, 0.25) is 0 Å². The highest BCUT2D eigenvalue weighted by atomic mass is 16.1. The van der Waals surface area contributed by atoms with Gasteiger partial charge in [-0.25, -0.2) is 0 Å². The molecule has 1 aromatic carbocycles. The average molecular weight is 200 g/mol. The van der Waals surface area contributed by atoms with Crippen molar-refractivity contribution in [2.45, 2.75) is 25.7 Å². The minimum Gasteiger partial charge on any atom is -0.299 e. The normalized spacial score (nSPS) is 24.7. The van der Waals surface area contributed by atoms with Gasteiger partial charge in [-0.05, 0) is 24.8 Å². The summed E-state index contributed by atoms with van der Waals surface area (Å²) in [5, 5.41) is 0. The second-order valence-corrected chi connectivity index (χ2v) is 4.36. The summed E-state index contributed by atoms with van der Waals surface area (Å²) in [5.41, 5.74) is 1.13. The van der Waals surface area contributed by atoms with Crippen molar-refractivity contribution < 1.29 is 4.79 Å². The van der Waals surface area contributed by atoms with Gasteiger partial charge in [0.05, 0.1) is 0 Å². The number of hydrogen-bond acceptors (Lipinski definition) is 1. The monoisotopic (exact) mass is 200 g/mol. The van der Waals surface area contributed by atoms with E-state index in [0.29, 0.717) is 5.78 Å². The van der Waals surface area contributed by atoms with Crippen LogP contribution >= 0.6 is 0 Å². The molecule has 0 radical (unpaired) electrons. The standard InChI is InChI=1S/C14H16O/c1-2-9-14(10-8-13(14)15)11-12-6-4-3-5-7-12/h2-7H,1,8-11H2/t14-/m1/s1. The number of benzene rings is 1. The van der Waals surface area contributed by atoms with Crippen molar-refractivity contribution in [1.29, 1.82) is 0 Å². The molecule has 2 rings (SSSR count). The second-order valence-electron chi connectivity index (χ2n) is 4.36. The first-order valence-corrected chi connectivity index (χ1v) is 5.45. The Bertz CT molecular complexity index is 366. The Hall–Kier alpha value is -1.37. The largest absolute Gasteiger partial charge is 0.299 e. The van der Waals surface area contributed by atoms with Crippen molar-refractivity contribution in [3.63, 3.8) is 0 Å². The first-order chi connectivity index (χ1) is 7.27. The molecule has 1 heteroatoms.